The summed E-state index contributed by atoms with van der Waals surface area (Å²) < 4.78 is 17.8. The molecule has 9 heteroatoms. The maximum atomic E-state index is 12.8. The minimum atomic E-state index is -0.224. The Morgan fingerprint density at radius 1 is 0.946 bits per heavy atom. The molecule has 0 aliphatic carbocycles. The molecule has 0 bridgehead atoms. The normalized spacial score (nSPS) is 16.3. The van der Waals surface area contributed by atoms with Crippen molar-refractivity contribution in [2.24, 2.45) is 0 Å². The quantitative estimate of drug-likeness (QED) is 0.365. The summed E-state index contributed by atoms with van der Waals surface area (Å²) in [6.45, 7) is 0. The van der Waals surface area contributed by atoms with Gasteiger partial charge in [0, 0.05) is 0 Å². The summed E-state index contributed by atoms with van der Waals surface area (Å²) in [6, 6.07) is 23.6. The Morgan fingerprint density at radius 2 is 1.70 bits per heavy atom. The van der Waals surface area contributed by atoms with Crippen molar-refractivity contribution in [2.45, 2.75) is 24.9 Å². The lowest BCUT2D eigenvalue weighted by atomic mass is 9.93. The van der Waals surface area contributed by atoms with Gasteiger partial charge in [0.25, 0.3) is 5.95 Å². The number of hydrogen-bond donors (Lipinski definition) is 2. The number of anilines is 2. The lowest BCUT2D eigenvalue weighted by molar-refractivity contribution is -0.115. The molecule has 0 saturated carbocycles. The van der Waals surface area contributed by atoms with Crippen LogP contribution in [0.25, 0.3) is 0 Å². The van der Waals surface area contributed by atoms with Gasteiger partial charge in [0.1, 0.15) is 5.75 Å². The van der Waals surface area contributed by atoms with Gasteiger partial charge in [-0.1, -0.05) is 48.5 Å². The van der Waals surface area contributed by atoms with Gasteiger partial charge in [-0.05, 0) is 47.4 Å². The van der Waals surface area contributed by atoms with E-state index in [4.69, 9.17) is 14.2 Å². The van der Waals surface area contributed by atoms with Crippen molar-refractivity contribution < 1.29 is 19.0 Å². The third-order valence-electron chi connectivity index (χ3n) is 6.46. The topological polar surface area (TPSA) is 99.5 Å². The van der Waals surface area contributed by atoms with E-state index in [1.54, 1.807) is 33.5 Å². The zero-order valence-corrected chi connectivity index (χ0v) is 21.0. The molecule has 190 valence electrons. The highest BCUT2D eigenvalue weighted by atomic mass is 16.5. The number of nitrogens with one attached hydrogen (secondary N) is 2. The second-order valence-electron chi connectivity index (χ2n) is 8.75. The van der Waals surface area contributed by atoms with E-state index in [0.717, 1.165) is 28.9 Å². The van der Waals surface area contributed by atoms with Crippen molar-refractivity contribution in [3.63, 3.8) is 0 Å². The number of aromatic nitrogens is 3. The van der Waals surface area contributed by atoms with Gasteiger partial charge >= 0.3 is 0 Å². The van der Waals surface area contributed by atoms with E-state index < -0.39 is 0 Å². The average molecular weight is 500 g/mol. The van der Waals surface area contributed by atoms with Crippen molar-refractivity contribution in [1.29, 1.82) is 0 Å². The van der Waals surface area contributed by atoms with E-state index >= 15 is 0 Å². The SMILES string of the molecule is COc1ccc([C@@H]2C[C@H](c3ccccc3)n3nc(NC(=O)Cc4ccc(OC)c(OC)c4)nc3N2)cc1. The van der Waals surface area contributed by atoms with Crippen LogP contribution in [0.5, 0.6) is 17.2 Å². The molecule has 2 N–H and O–H groups in total. The molecule has 0 fully saturated rings. The van der Waals surface area contributed by atoms with Gasteiger partial charge in [0.05, 0.1) is 39.8 Å². The van der Waals surface area contributed by atoms with E-state index in [-0.39, 0.29) is 30.4 Å². The summed E-state index contributed by atoms with van der Waals surface area (Å²) in [5.41, 5.74) is 3.03. The number of hydrogen-bond acceptors (Lipinski definition) is 7. The maximum Gasteiger partial charge on any atom is 0.250 e. The van der Waals surface area contributed by atoms with Crippen LogP contribution >= 0.6 is 0 Å². The molecule has 37 heavy (non-hydrogen) atoms. The van der Waals surface area contributed by atoms with Crippen LogP contribution in [0.1, 0.15) is 35.2 Å². The fraction of sp³-hybridized carbons (Fsp3) is 0.250. The first-order valence-corrected chi connectivity index (χ1v) is 12.0. The van der Waals surface area contributed by atoms with Gasteiger partial charge < -0.3 is 19.5 Å². The number of carbonyl (C=O) groups is 1. The molecule has 9 nitrogen and oxygen atoms in total. The number of carbonyl (C=O) groups excluding carboxylic acids is 1. The maximum absolute atomic E-state index is 12.8. The minimum absolute atomic E-state index is 0.0168. The van der Waals surface area contributed by atoms with Crippen LogP contribution in [0.2, 0.25) is 0 Å². The second kappa shape index (κ2) is 10.6. The predicted molar refractivity (Wildman–Crippen MR) is 140 cm³/mol. The van der Waals surface area contributed by atoms with Crippen molar-refractivity contribution in [3.05, 3.63) is 89.5 Å². The van der Waals surface area contributed by atoms with Crippen LogP contribution in [-0.2, 0) is 11.2 Å². The molecule has 1 aromatic heterocycles. The van der Waals surface area contributed by atoms with Gasteiger partial charge in [-0.25, -0.2) is 4.68 Å². The lowest BCUT2D eigenvalue weighted by Crippen LogP contribution is -2.28. The van der Waals surface area contributed by atoms with E-state index in [1.807, 2.05) is 41.1 Å². The number of fused-ring (bicyclic) bond motifs is 1. The van der Waals surface area contributed by atoms with Gasteiger partial charge in [-0.2, -0.15) is 4.98 Å². The fourth-order valence-corrected chi connectivity index (χ4v) is 4.58. The van der Waals surface area contributed by atoms with E-state index in [0.29, 0.717) is 17.4 Å². The number of methoxy groups -OCH3 is 3. The highest BCUT2D eigenvalue weighted by molar-refractivity contribution is 5.90. The second-order valence-corrected chi connectivity index (χ2v) is 8.75. The molecule has 3 aromatic carbocycles. The fourth-order valence-electron chi connectivity index (χ4n) is 4.58. The third-order valence-corrected chi connectivity index (χ3v) is 6.46. The number of benzene rings is 3. The minimum Gasteiger partial charge on any atom is -0.497 e. The summed E-state index contributed by atoms with van der Waals surface area (Å²) in [6.07, 6.45) is 0.917. The molecule has 2 atom stereocenters. The van der Waals surface area contributed by atoms with Crippen LogP contribution in [0.4, 0.5) is 11.9 Å². The van der Waals surface area contributed by atoms with Crippen LogP contribution in [0.15, 0.2) is 72.8 Å². The summed E-state index contributed by atoms with van der Waals surface area (Å²) in [5.74, 6) is 2.62. The largest absolute Gasteiger partial charge is 0.497 e. The molecule has 0 spiro atoms. The Balaban J connectivity index is 1.38. The average Bonchev–Trinajstić information content (AvgIpc) is 3.35. The molecule has 1 aliphatic rings. The molecule has 4 aromatic rings. The van der Waals surface area contributed by atoms with Gasteiger partial charge in [0.15, 0.2) is 11.5 Å². The summed E-state index contributed by atoms with van der Waals surface area (Å²) >= 11 is 0. The van der Waals surface area contributed by atoms with Crippen molar-refractivity contribution in [2.75, 3.05) is 32.0 Å². The summed E-state index contributed by atoms with van der Waals surface area (Å²) in [4.78, 5) is 17.5. The van der Waals surface area contributed by atoms with Crippen LogP contribution in [-0.4, -0.2) is 42.0 Å². The Labute approximate surface area is 215 Å². The number of ether oxygens (including phenoxy) is 3. The Bertz CT molecular complexity index is 1370. The summed E-state index contributed by atoms with van der Waals surface area (Å²) in [5, 5.41) is 11.0. The van der Waals surface area contributed by atoms with Crippen LogP contribution in [0, 0.1) is 0 Å². The molecular formula is C28H29N5O4. The van der Waals surface area contributed by atoms with Crippen molar-refractivity contribution in [3.8, 4) is 17.2 Å². The molecule has 1 amide bonds. The Kier molecular flexibility index (Phi) is 6.93. The molecule has 0 unspecified atom stereocenters. The van der Waals surface area contributed by atoms with Gasteiger partial charge in [-0.3, -0.25) is 10.1 Å². The van der Waals surface area contributed by atoms with E-state index in [9.17, 15) is 4.79 Å². The first-order chi connectivity index (χ1) is 18.1. The smallest absolute Gasteiger partial charge is 0.250 e. The zero-order valence-electron chi connectivity index (χ0n) is 21.0. The van der Waals surface area contributed by atoms with Crippen molar-refractivity contribution >= 4 is 17.8 Å². The number of amides is 1. The first-order valence-electron chi connectivity index (χ1n) is 12.0. The van der Waals surface area contributed by atoms with Crippen LogP contribution in [0.3, 0.4) is 0 Å². The molecule has 0 saturated heterocycles. The van der Waals surface area contributed by atoms with E-state index in [2.05, 4.69) is 45.0 Å². The number of nitrogens with zero attached hydrogens (tertiary/aromatic N) is 3. The first kappa shape index (κ1) is 24.2. The predicted octanol–water partition coefficient (Wildman–Crippen LogP) is 4.63. The van der Waals surface area contributed by atoms with Crippen molar-refractivity contribution in [1.82, 2.24) is 14.8 Å². The Morgan fingerprint density at radius 3 is 2.41 bits per heavy atom. The zero-order chi connectivity index (χ0) is 25.8. The Hall–Kier alpha value is -4.53. The highest BCUT2D eigenvalue weighted by Gasteiger charge is 2.31. The molecule has 1 aliphatic heterocycles. The van der Waals surface area contributed by atoms with Crippen LogP contribution < -0.4 is 24.8 Å². The number of rotatable bonds is 8. The highest BCUT2D eigenvalue weighted by Crippen LogP contribution is 2.38. The monoisotopic (exact) mass is 499 g/mol. The molecule has 0 radical (unpaired) electrons. The summed E-state index contributed by atoms with van der Waals surface area (Å²) in [7, 11) is 4.80. The third kappa shape index (κ3) is 5.20. The van der Waals surface area contributed by atoms with E-state index in [1.165, 1.54) is 0 Å². The molecule has 2 heterocycles. The lowest BCUT2D eigenvalue weighted by Gasteiger charge is -2.31. The molecule has 5 rings (SSSR count). The molecular weight excluding hydrogens is 470 g/mol. The van der Waals surface area contributed by atoms with Gasteiger partial charge in [-0.15, -0.1) is 5.10 Å². The van der Waals surface area contributed by atoms with Gasteiger partial charge in [0.2, 0.25) is 11.9 Å². The standard InChI is InChI=1S/C28H29N5O4/c1-35-21-12-10-19(11-13-21)22-17-23(20-7-5-4-6-8-20)33-28(29-22)31-27(32-33)30-26(34)16-18-9-14-24(36-2)25(15-18)37-3/h4-15,22-23H,16-17H2,1-3H3,(H2,29,30,31,32,34)/t22-,23+/m0/s1.